The lowest BCUT2D eigenvalue weighted by Crippen LogP contribution is -2.38. The van der Waals surface area contributed by atoms with Crippen LogP contribution < -0.4 is 10.6 Å². The molecule has 0 saturated carbocycles. The van der Waals surface area contributed by atoms with Gasteiger partial charge in [0.05, 0.1) is 11.0 Å². The molecule has 0 unspecified atom stereocenters. The zero-order valence-corrected chi connectivity index (χ0v) is 19.7. The highest BCUT2D eigenvalue weighted by Gasteiger charge is 2.13. The smallest absolute Gasteiger partial charge is 0.191 e. The molecule has 0 amide bonds. The highest BCUT2D eigenvalue weighted by Crippen LogP contribution is 2.17. The van der Waals surface area contributed by atoms with Gasteiger partial charge in [-0.15, -0.1) is 24.0 Å². The molecule has 0 atom stereocenters. The summed E-state index contributed by atoms with van der Waals surface area (Å²) in [5.41, 5.74) is 0.836. The molecule has 2 rings (SSSR count). The van der Waals surface area contributed by atoms with Crippen molar-refractivity contribution in [2.75, 3.05) is 39.5 Å². The maximum atomic E-state index is 13.6. The first kappa shape index (κ1) is 24.6. The summed E-state index contributed by atoms with van der Waals surface area (Å²) in [5.74, 6) is 1.11. The predicted octanol–water partition coefficient (Wildman–Crippen LogP) is 4.09. The minimum Gasteiger partial charge on any atom is -0.381 e. The third-order valence-electron chi connectivity index (χ3n) is 4.20. The summed E-state index contributed by atoms with van der Waals surface area (Å²) in [6.07, 6.45) is 3.12. The Kier molecular flexibility index (Phi) is 13.2. The van der Waals surface area contributed by atoms with Crippen molar-refractivity contribution < 1.29 is 13.9 Å². The van der Waals surface area contributed by atoms with Crippen LogP contribution in [0.3, 0.4) is 0 Å². The van der Waals surface area contributed by atoms with Crippen LogP contribution in [0.25, 0.3) is 0 Å². The second-order valence-electron chi connectivity index (χ2n) is 6.35. The van der Waals surface area contributed by atoms with E-state index in [1.54, 1.807) is 6.07 Å². The third-order valence-corrected chi connectivity index (χ3v) is 4.84. The van der Waals surface area contributed by atoms with E-state index in [1.807, 2.05) is 13.0 Å². The van der Waals surface area contributed by atoms with Gasteiger partial charge in [0.15, 0.2) is 5.96 Å². The summed E-state index contributed by atoms with van der Waals surface area (Å²) in [7, 11) is 0. The number of nitrogens with one attached hydrogen (secondary N) is 2. The van der Waals surface area contributed by atoms with Crippen LogP contribution in [0.5, 0.6) is 0 Å². The van der Waals surface area contributed by atoms with Crippen LogP contribution in [0.2, 0.25) is 0 Å². The van der Waals surface area contributed by atoms with Gasteiger partial charge >= 0.3 is 0 Å². The SMILES string of the molecule is CCNC(=NCc1ccc(Br)c(F)c1)NCCCOCC1CCOCC1.I. The Bertz CT molecular complexity index is 572. The molecule has 8 heteroatoms. The minimum atomic E-state index is -0.266. The zero-order chi connectivity index (χ0) is 18.6. The Labute approximate surface area is 187 Å². The first-order valence-electron chi connectivity index (χ1n) is 9.30. The van der Waals surface area contributed by atoms with Crippen LogP contribution in [0.4, 0.5) is 4.39 Å². The van der Waals surface area contributed by atoms with Gasteiger partial charge in [-0.25, -0.2) is 9.38 Å². The van der Waals surface area contributed by atoms with Crippen LogP contribution in [0.15, 0.2) is 27.7 Å². The van der Waals surface area contributed by atoms with Crippen molar-refractivity contribution in [3.05, 3.63) is 34.1 Å². The topological polar surface area (TPSA) is 54.9 Å². The van der Waals surface area contributed by atoms with Crippen molar-refractivity contribution in [3.8, 4) is 0 Å². The van der Waals surface area contributed by atoms with E-state index in [4.69, 9.17) is 9.47 Å². The lowest BCUT2D eigenvalue weighted by molar-refractivity contribution is 0.0203. The van der Waals surface area contributed by atoms with Crippen LogP contribution in [-0.4, -0.2) is 45.5 Å². The van der Waals surface area contributed by atoms with Crippen LogP contribution in [0, 0.1) is 11.7 Å². The Balaban J connectivity index is 0.00000364. The molecule has 5 nitrogen and oxygen atoms in total. The van der Waals surface area contributed by atoms with Crippen LogP contribution in [0.1, 0.15) is 31.7 Å². The van der Waals surface area contributed by atoms with E-state index in [9.17, 15) is 4.39 Å². The fraction of sp³-hybridized carbons (Fsp3) is 0.632. The first-order chi connectivity index (χ1) is 12.7. The number of aliphatic imine (C=N–C) groups is 1. The highest BCUT2D eigenvalue weighted by atomic mass is 127. The average molecular weight is 558 g/mol. The maximum absolute atomic E-state index is 13.6. The van der Waals surface area contributed by atoms with Crippen molar-refractivity contribution in [3.63, 3.8) is 0 Å². The monoisotopic (exact) mass is 557 g/mol. The number of rotatable bonds is 9. The molecular weight excluding hydrogens is 528 g/mol. The molecule has 1 aromatic rings. The molecule has 0 spiro atoms. The fourth-order valence-corrected chi connectivity index (χ4v) is 2.94. The standard InChI is InChI=1S/C19H29BrFN3O2.HI/c1-2-22-19(24-13-16-4-5-17(20)18(21)12-16)23-8-3-9-26-14-15-6-10-25-11-7-15;/h4-5,12,15H,2-3,6-11,13-14H2,1H3,(H2,22,23,24);1H. The van der Waals surface area contributed by atoms with E-state index in [1.165, 1.54) is 6.07 Å². The largest absolute Gasteiger partial charge is 0.381 e. The fourth-order valence-electron chi connectivity index (χ4n) is 2.69. The van der Waals surface area contributed by atoms with Gasteiger partial charge in [0.1, 0.15) is 5.82 Å². The van der Waals surface area contributed by atoms with E-state index in [2.05, 4.69) is 31.6 Å². The lowest BCUT2D eigenvalue weighted by Gasteiger charge is -2.21. The van der Waals surface area contributed by atoms with E-state index in [-0.39, 0.29) is 29.8 Å². The Morgan fingerprint density at radius 1 is 1.33 bits per heavy atom. The van der Waals surface area contributed by atoms with Gasteiger partial charge in [-0.2, -0.15) is 0 Å². The number of guanidine groups is 1. The van der Waals surface area contributed by atoms with Crippen molar-refractivity contribution >= 4 is 45.9 Å². The van der Waals surface area contributed by atoms with E-state index < -0.39 is 0 Å². The molecule has 0 aliphatic carbocycles. The van der Waals surface area contributed by atoms with E-state index in [0.717, 1.165) is 70.3 Å². The predicted molar refractivity (Wildman–Crippen MR) is 121 cm³/mol. The normalized spacial score (nSPS) is 15.3. The molecule has 0 bridgehead atoms. The molecule has 1 heterocycles. The Morgan fingerprint density at radius 3 is 2.81 bits per heavy atom. The molecule has 154 valence electrons. The molecule has 1 aliphatic heterocycles. The van der Waals surface area contributed by atoms with Gasteiger partial charge in [-0.05, 0) is 65.7 Å². The van der Waals surface area contributed by atoms with E-state index >= 15 is 0 Å². The molecule has 27 heavy (non-hydrogen) atoms. The van der Waals surface area contributed by atoms with Gasteiger partial charge in [0.2, 0.25) is 0 Å². The summed E-state index contributed by atoms with van der Waals surface area (Å²) >= 11 is 3.16. The number of nitrogens with zero attached hydrogens (tertiary/aromatic N) is 1. The quantitative estimate of drug-likeness (QED) is 0.208. The van der Waals surface area contributed by atoms with Crippen LogP contribution >= 0.6 is 39.9 Å². The number of hydrogen-bond donors (Lipinski definition) is 2. The van der Waals surface area contributed by atoms with Crippen molar-refractivity contribution in [2.45, 2.75) is 32.7 Å². The molecule has 2 N–H and O–H groups in total. The van der Waals surface area contributed by atoms with Gasteiger partial charge < -0.3 is 20.1 Å². The molecule has 1 fully saturated rings. The Morgan fingerprint density at radius 2 is 2.11 bits per heavy atom. The summed E-state index contributed by atoms with van der Waals surface area (Å²) in [6, 6.07) is 5.07. The summed E-state index contributed by atoms with van der Waals surface area (Å²) in [4.78, 5) is 4.50. The van der Waals surface area contributed by atoms with Gasteiger partial charge in [0.25, 0.3) is 0 Å². The zero-order valence-electron chi connectivity index (χ0n) is 15.8. The number of hydrogen-bond acceptors (Lipinski definition) is 3. The molecular formula is C19H30BrFIN3O2. The number of halogens is 3. The van der Waals surface area contributed by atoms with Crippen molar-refractivity contribution in [2.24, 2.45) is 10.9 Å². The summed E-state index contributed by atoms with van der Waals surface area (Å²) < 4.78 is 25.1. The van der Waals surface area contributed by atoms with E-state index in [0.29, 0.717) is 16.9 Å². The van der Waals surface area contributed by atoms with Crippen molar-refractivity contribution in [1.82, 2.24) is 10.6 Å². The molecule has 1 aromatic carbocycles. The highest BCUT2D eigenvalue weighted by molar-refractivity contribution is 14.0. The number of ether oxygens (including phenoxy) is 2. The van der Waals surface area contributed by atoms with Gasteiger partial charge in [0, 0.05) is 39.5 Å². The summed E-state index contributed by atoms with van der Waals surface area (Å²) in [5, 5.41) is 6.49. The number of benzene rings is 1. The second kappa shape index (κ2) is 14.5. The third kappa shape index (κ3) is 10.0. The molecule has 0 aromatic heterocycles. The molecule has 0 radical (unpaired) electrons. The second-order valence-corrected chi connectivity index (χ2v) is 7.21. The molecule has 1 aliphatic rings. The average Bonchev–Trinajstić information content (AvgIpc) is 2.66. The summed E-state index contributed by atoms with van der Waals surface area (Å²) in [6.45, 7) is 7.30. The Hall–Kier alpha value is -0.450. The van der Waals surface area contributed by atoms with Crippen LogP contribution in [-0.2, 0) is 16.0 Å². The van der Waals surface area contributed by atoms with Gasteiger partial charge in [-0.3, -0.25) is 0 Å². The van der Waals surface area contributed by atoms with Crippen molar-refractivity contribution in [1.29, 1.82) is 0 Å². The maximum Gasteiger partial charge on any atom is 0.191 e. The molecule has 1 saturated heterocycles. The first-order valence-corrected chi connectivity index (χ1v) is 10.1. The lowest BCUT2D eigenvalue weighted by atomic mass is 10.0. The van der Waals surface area contributed by atoms with Gasteiger partial charge in [-0.1, -0.05) is 6.07 Å². The minimum absolute atomic E-state index is 0.